The van der Waals surface area contributed by atoms with Crippen molar-refractivity contribution in [1.82, 2.24) is 4.57 Å². The first-order chi connectivity index (χ1) is 16.2. The van der Waals surface area contributed by atoms with E-state index in [1.807, 2.05) is 25.2 Å². The van der Waals surface area contributed by atoms with Gasteiger partial charge in [0.15, 0.2) is 0 Å². The summed E-state index contributed by atoms with van der Waals surface area (Å²) in [6.45, 7) is 8.59. The number of rotatable bonds is 5. The van der Waals surface area contributed by atoms with Crippen molar-refractivity contribution in [2.24, 2.45) is 0 Å². The van der Waals surface area contributed by atoms with E-state index in [9.17, 15) is 0 Å². The van der Waals surface area contributed by atoms with Gasteiger partial charge in [-0.1, -0.05) is 109 Å². The summed E-state index contributed by atoms with van der Waals surface area (Å²) in [5.74, 6) is 0. The van der Waals surface area contributed by atoms with Crippen LogP contribution in [-0.4, -0.2) is 4.57 Å². The molecule has 0 bridgehead atoms. The van der Waals surface area contributed by atoms with Gasteiger partial charge in [-0.3, -0.25) is 0 Å². The zero-order chi connectivity index (χ0) is 22.8. The molecule has 0 atom stereocenters. The molecule has 0 fully saturated rings. The van der Waals surface area contributed by atoms with Gasteiger partial charge in [0.1, 0.15) is 0 Å². The Morgan fingerprint density at radius 1 is 0.727 bits per heavy atom. The summed E-state index contributed by atoms with van der Waals surface area (Å²) in [5.41, 5.74) is 9.43. The van der Waals surface area contributed by atoms with E-state index >= 15 is 0 Å². The first-order valence-electron chi connectivity index (χ1n) is 11.4. The Hall–Kier alpha value is -4.10. The molecule has 0 saturated carbocycles. The van der Waals surface area contributed by atoms with Crippen LogP contribution in [0.1, 0.15) is 12.5 Å². The molecule has 1 heterocycles. The smallest absolute Gasteiger partial charge is 0.0619 e. The molecule has 5 aromatic rings. The predicted octanol–water partition coefficient (Wildman–Crippen LogP) is 9.04. The van der Waals surface area contributed by atoms with E-state index in [2.05, 4.69) is 115 Å². The van der Waals surface area contributed by atoms with Crippen LogP contribution in [0.15, 0.2) is 122 Å². The van der Waals surface area contributed by atoms with Crippen molar-refractivity contribution in [1.29, 1.82) is 0 Å². The summed E-state index contributed by atoms with van der Waals surface area (Å²) in [7, 11) is 0. The molecule has 1 heteroatoms. The third-order valence-corrected chi connectivity index (χ3v) is 6.14. The minimum absolute atomic E-state index is 0.945. The molecule has 0 unspecified atom stereocenters. The highest BCUT2D eigenvalue weighted by atomic mass is 15.0. The molecule has 0 aliphatic heterocycles. The quantitative estimate of drug-likeness (QED) is 0.248. The summed E-state index contributed by atoms with van der Waals surface area (Å²) < 4.78 is 2.30. The molecule has 5 rings (SSSR count). The normalized spacial score (nSPS) is 11.8. The van der Waals surface area contributed by atoms with Gasteiger partial charge in [-0.25, -0.2) is 0 Å². The lowest BCUT2D eigenvalue weighted by Crippen LogP contribution is -1.95. The lowest BCUT2D eigenvalue weighted by atomic mass is 9.99. The number of allylic oxidation sites excluding steroid dienone is 5. The Morgan fingerprint density at radius 3 is 2.24 bits per heavy atom. The second-order valence-corrected chi connectivity index (χ2v) is 8.38. The molecule has 0 radical (unpaired) electrons. The fraction of sp³-hybridized carbons (Fsp3) is 0.0625. The monoisotopic (exact) mass is 425 g/mol. The van der Waals surface area contributed by atoms with Crippen molar-refractivity contribution in [3.63, 3.8) is 0 Å². The van der Waals surface area contributed by atoms with Crippen LogP contribution in [0.4, 0.5) is 0 Å². The number of fused-ring (bicyclic) bond motifs is 3. The molecular formula is C32H27N. The van der Waals surface area contributed by atoms with E-state index in [1.54, 1.807) is 0 Å². The standard InChI is InChI=1S/C32H27N/c1-4-5-7-11-24(3)33-31-21-20-27(25-12-8-6-9-13-25)22-30(31)29-15-10-14-28(32(29)33)26-18-16-23(2)17-19-26/h4-22H,3H2,1-2H3/b5-4-,11-7-. The molecule has 0 amide bonds. The van der Waals surface area contributed by atoms with Crippen LogP contribution in [-0.2, 0) is 0 Å². The Labute approximate surface area is 195 Å². The molecule has 0 N–H and O–H groups in total. The maximum atomic E-state index is 4.44. The third-order valence-electron chi connectivity index (χ3n) is 6.14. The molecule has 0 aliphatic carbocycles. The van der Waals surface area contributed by atoms with Crippen LogP contribution < -0.4 is 0 Å². The van der Waals surface area contributed by atoms with Crippen LogP contribution in [0.3, 0.4) is 0 Å². The van der Waals surface area contributed by atoms with Gasteiger partial charge >= 0.3 is 0 Å². The summed E-state index contributed by atoms with van der Waals surface area (Å²) in [5, 5.41) is 2.47. The van der Waals surface area contributed by atoms with Gasteiger partial charge in [0.05, 0.1) is 11.0 Å². The molecule has 0 saturated heterocycles. The topological polar surface area (TPSA) is 4.93 Å². The highest BCUT2D eigenvalue weighted by molar-refractivity contribution is 6.15. The Kier molecular flexibility index (Phi) is 5.54. The first-order valence-corrected chi connectivity index (χ1v) is 11.4. The number of hydrogen-bond acceptors (Lipinski definition) is 0. The highest BCUT2D eigenvalue weighted by Crippen LogP contribution is 2.39. The molecular weight excluding hydrogens is 398 g/mol. The summed E-state index contributed by atoms with van der Waals surface area (Å²) in [6, 6.07) is 32.7. The third kappa shape index (κ3) is 3.83. The average molecular weight is 426 g/mol. The molecule has 160 valence electrons. The Bertz CT molecular complexity index is 1510. The maximum absolute atomic E-state index is 4.44. The maximum Gasteiger partial charge on any atom is 0.0619 e. The number of hydrogen-bond donors (Lipinski definition) is 0. The van der Waals surface area contributed by atoms with Gasteiger partial charge in [-0.05, 0) is 48.7 Å². The lowest BCUT2D eigenvalue weighted by molar-refractivity contribution is 1.24. The molecule has 4 aromatic carbocycles. The first kappa shape index (κ1) is 20.8. The van der Waals surface area contributed by atoms with E-state index in [4.69, 9.17) is 0 Å². The predicted molar refractivity (Wildman–Crippen MR) is 144 cm³/mol. The molecule has 33 heavy (non-hydrogen) atoms. The second kappa shape index (κ2) is 8.80. The van der Waals surface area contributed by atoms with E-state index < -0.39 is 0 Å². The highest BCUT2D eigenvalue weighted by Gasteiger charge is 2.16. The Balaban J connectivity index is 1.83. The average Bonchev–Trinajstić information content (AvgIpc) is 3.19. The molecule has 1 aromatic heterocycles. The minimum Gasteiger partial charge on any atom is -0.309 e. The van der Waals surface area contributed by atoms with Gasteiger partial charge in [0, 0.05) is 22.0 Å². The van der Waals surface area contributed by atoms with Crippen molar-refractivity contribution in [2.75, 3.05) is 0 Å². The van der Waals surface area contributed by atoms with Crippen molar-refractivity contribution in [3.05, 3.63) is 127 Å². The number of benzene rings is 4. The van der Waals surface area contributed by atoms with E-state index in [0.29, 0.717) is 0 Å². The zero-order valence-electron chi connectivity index (χ0n) is 19.1. The van der Waals surface area contributed by atoms with E-state index in [-0.39, 0.29) is 0 Å². The van der Waals surface area contributed by atoms with Crippen molar-refractivity contribution in [2.45, 2.75) is 13.8 Å². The van der Waals surface area contributed by atoms with Crippen LogP contribution >= 0.6 is 0 Å². The number of aryl methyl sites for hydroxylation is 1. The lowest BCUT2D eigenvalue weighted by Gasteiger charge is -2.12. The fourth-order valence-corrected chi connectivity index (χ4v) is 4.50. The SMILES string of the molecule is C=C(/C=C\C=C/C)n1c2ccc(-c3ccccc3)cc2c2cccc(-c3ccc(C)cc3)c21. The van der Waals surface area contributed by atoms with Gasteiger partial charge in [-0.15, -0.1) is 0 Å². The van der Waals surface area contributed by atoms with Gasteiger partial charge in [-0.2, -0.15) is 0 Å². The van der Waals surface area contributed by atoms with E-state index in [0.717, 1.165) is 5.70 Å². The molecule has 0 spiro atoms. The van der Waals surface area contributed by atoms with Gasteiger partial charge in [0.25, 0.3) is 0 Å². The van der Waals surface area contributed by atoms with Crippen molar-refractivity contribution >= 4 is 27.5 Å². The van der Waals surface area contributed by atoms with Gasteiger partial charge < -0.3 is 4.57 Å². The Morgan fingerprint density at radius 2 is 1.48 bits per heavy atom. The van der Waals surface area contributed by atoms with Crippen LogP contribution in [0, 0.1) is 6.92 Å². The van der Waals surface area contributed by atoms with Crippen LogP contribution in [0.5, 0.6) is 0 Å². The number of para-hydroxylation sites is 1. The minimum atomic E-state index is 0.945. The summed E-state index contributed by atoms with van der Waals surface area (Å²) in [6.07, 6.45) is 8.19. The molecule has 1 nitrogen and oxygen atoms in total. The zero-order valence-corrected chi connectivity index (χ0v) is 19.1. The van der Waals surface area contributed by atoms with Crippen LogP contribution in [0.25, 0.3) is 49.8 Å². The number of aromatic nitrogens is 1. The van der Waals surface area contributed by atoms with Crippen molar-refractivity contribution in [3.8, 4) is 22.3 Å². The molecule has 0 aliphatic rings. The second-order valence-electron chi connectivity index (χ2n) is 8.38. The largest absolute Gasteiger partial charge is 0.309 e. The van der Waals surface area contributed by atoms with Gasteiger partial charge in [0.2, 0.25) is 0 Å². The van der Waals surface area contributed by atoms with Crippen LogP contribution in [0.2, 0.25) is 0 Å². The number of nitrogens with zero attached hydrogens (tertiary/aromatic N) is 1. The summed E-state index contributed by atoms with van der Waals surface area (Å²) in [4.78, 5) is 0. The van der Waals surface area contributed by atoms with E-state index in [1.165, 1.54) is 49.6 Å². The van der Waals surface area contributed by atoms with Crippen molar-refractivity contribution < 1.29 is 0 Å². The fourth-order valence-electron chi connectivity index (χ4n) is 4.50. The summed E-state index contributed by atoms with van der Waals surface area (Å²) >= 11 is 0.